The predicted octanol–water partition coefficient (Wildman–Crippen LogP) is 2.57. The Balaban J connectivity index is 2.32. The molecule has 0 amide bonds. The highest BCUT2D eigenvalue weighted by atomic mass is 32.2. The molecule has 0 aliphatic heterocycles. The molecule has 1 atom stereocenters. The van der Waals surface area contributed by atoms with Crippen LogP contribution in [0.15, 0.2) is 5.38 Å². The van der Waals surface area contributed by atoms with Crippen LogP contribution >= 0.6 is 23.1 Å². The quantitative estimate of drug-likeness (QED) is 0.763. The average Bonchev–Trinajstić information content (AvgIpc) is 2.72. The van der Waals surface area contributed by atoms with E-state index >= 15 is 0 Å². The van der Waals surface area contributed by atoms with Crippen molar-refractivity contribution in [3.05, 3.63) is 11.1 Å². The van der Waals surface area contributed by atoms with E-state index in [9.17, 15) is 4.79 Å². The van der Waals surface area contributed by atoms with Crippen molar-refractivity contribution in [3.63, 3.8) is 0 Å². The number of anilines is 1. The zero-order valence-corrected chi connectivity index (χ0v) is 11.7. The fourth-order valence-corrected chi connectivity index (χ4v) is 2.78. The largest absolute Gasteiger partial charge is 0.481 e. The Hall–Kier alpha value is -0.750. The topological polar surface area (TPSA) is 62.2 Å². The van der Waals surface area contributed by atoms with Gasteiger partial charge in [-0.1, -0.05) is 6.92 Å². The summed E-state index contributed by atoms with van der Waals surface area (Å²) in [5.41, 5.74) is 0.859. The van der Waals surface area contributed by atoms with E-state index in [-0.39, 0.29) is 6.42 Å². The van der Waals surface area contributed by atoms with Crippen LogP contribution in [0.2, 0.25) is 0 Å². The summed E-state index contributed by atoms with van der Waals surface area (Å²) >= 11 is 3.38. The lowest BCUT2D eigenvalue weighted by atomic mass is 10.2. The molecule has 2 N–H and O–H groups in total. The smallest absolute Gasteiger partial charge is 0.303 e. The molecule has 0 aromatic carbocycles. The number of rotatable bonds is 8. The lowest BCUT2D eigenvalue weighted by molar-refractivity contribution is -0.136. The summed E-state index contributed by atoms with van der Waals surface area (Å²) in [6.07, 6.45) is 2.75. The summed E-state index contributed by atoms with van der Waals surface area (Å²) in [5, 5.41) is 14.7. The van der Waals surface area contributed by atoms with Crippen LogP contribution in [0.3, 0.4) is 0 Å². The highest BCUT2D eigenvalue weighted by Gasteiger charge is 2.06. The van der Waals surface area contributed by atoms with E-state index in [1.807, 2.05) is 17.1 Å². The fourth-order valence-electron chi connectivity index (χ4n) is 1.34. The molecule has 1 aromatic rings. The van der Waals surface area contributed by atoms with Crippen LogP contribution in [0.4, 0.5) is 5.13 Å². The second-order valence-electron chi connectivity index (χ2n) is 3.98. The van der Waals surface area contributed by atoms with E-state index in [4.69, 9.17) is 5.11 Å². The van der Waals surface area contributed by atoms with Gasteiger partial charge in [0.05, 0.1) is 12.1 Å². The Morgan fingerprint density at radius 3 is 3.12 bits per heavy atom. The lowest BCUT2D eigenvalue weighted by Crippen LogP contribution is -2.13. The van der Waals surface area contributed by atoms with Crippen molar-refractivity contribution in [3.8, 4) is 0 Å². The molecule has 1 aromatic heterocycles. The molecule has 0 spiro atoms. The van der Waals surface area contributed by atoms with E-state index in [1.165, 1.54) is 11.3 Å². The van der Waals surface area contributed by atoms with Crippen molar-refractivity contribution in [2.75, 3.05) is 23.9 Å². The van der Waals surface area contributed by atoms with E-state index in [0.717, 1.165) is 23.1 Å². The predicted molar refractivity (Wildman–Crippen MR) is 74.1 cm³/mol. The number of aliphatic carboxylic acids is 1. The second-order valence-corrected chi connectivity index (χ2v) is 5.75. The Labute approximate surface area is 110 Å². The zero-order chi connectivity index (χ0) is 12.7. The monoisotopic (exact) mass is 274 g/mol. The first kappa shape index (κ1) is 14.3. The maximum Gasteiger partial charge on any atom is 0.303 e. The van der Waals surface area contributed by atoms with Crippen LogP contribution in [0.1, 0.15) is 19.0 Å². The number of carboxylic acids is 1. The van der Waals surface area contributed by atoms with Crippen LogP contribution < -0.4 is 5.32 Å². The maximum atomic E-state index is 10.4. The van der Waals surface area contributed by atoms with Crippen molar-refractivity contribution in [1.82, 2.24) is 4.98 Å². The van der Waals surface area contributed by atoms with Gasteiger partial charge in [0.25, 0.3) is 0 Å². The number of carbonyl (C=O) groups is 1. The molecule has 6 heteroatoms. The summed E-state index contributed by atoms with van der Waals surface area (Å²) < 4.78 is 0. The number of aryl methyl sites for hydroxylation is 1. The zero-order valence-electron chi connectivity index (χ0n) is 10.1. The molecule has 0 saturated heterocycles. The standard InChI is InChI=1S/C11H18N2O2S2/c1-8(6-16-2)5-12-11-13-9(7-17-11)3-4-10(14)15/h7-8H,3-6H2,1-2H3,(H,12,13)(H,14,15). The Morgan fingerprint density at radius 1 is 1.71 bits per heavy atom. The molecular formula is C11H18N2O2S2. The number of aromatic nitrogens is 1. The van der Waals surface area contributed by atoms with Gasteiger partial charge in [-0.05, 0) is 17.9 Å². The molecule has 17 heavy (non-hydrogen) atoms. The van der Waals surface area contributed by atoms with E-state index in [1.54, 1.807) is 0 Å². The number of carboxylic acid groups (broad SMARTS) is 1. The molecule has 0 aliphatic carbocycles. The first-order valence-corrected chi connectivity index (χ1v) is 7.78. The molecular weight excluding hydrogens is 256 g/mol. The van der Waals surface area contributed by atoms with Crippen molar-refractivity contribution < 1.29 is 9.90 Å². The fraction of sp³-hybridized carbons (Fsp3) is 0.636. The van der Waals surface area contributed by atoms with Gasteiger partial charge in [-0.25, -0.2) is 4.98 Å². The maximum absolute atomic E-state index is 10.4. The van der Waals surface area contributed by atoms with Crippen LogP contribution in [-0.2, 0) is 11.2 Å². The van der Waals surface area contributed by atoms with Crippen molar-refractivity contribution in [1.29, 1.82) is 0 Å². The summed E-state index contributed by atoms with van der Waals surface area (Å²) in [4.78, 5) is 14.8. The second kappa shape index (κ2) is 7.55. The molecule has 0 radical (unpaired) electrons. The third kappa shape index (κ3) is 5.93. The van der Waals surface area contributed by atoms with Crippen LogP contribution in [0.5, 0.6) is 0 Å². The van der Waals surface area contributed by atoms with Gasteiger partial charge in [0.15, 0.2) is 5.13 Å². The van der Waals surface area contributed by atoms with Crippen molar-refractivity contribution in [2.45, 2.75) is 19.8 Å². The highest BCUT2D eigenvalue weighted by molar-refractivity contribution is 7.98. The van der Waals surface area contributed by atoms with Gasteiger partial charge in [-0.2, -0.15) is 11.8 Å². The molecule has 0 aliphatic rings. The Bertz CT molecular complexity index is 355. The molecule has 1 rings (SSSR count). The van der Waals surface area contributed by atoms with E-state index < -0.39 is 5.97 Å². The minimum absolute atomic E-state index is 0.145. The Kier molecular flexibility index (Phi) is 6.36. The van der Waals surface area contributed by atoms with Crippen LogP contribution in [0.25, 0.3) is 0 Å². The lowest BCUT2D eigenvalue weighted by Gasteiger charge is -2.09. The third-order valence-electron chi connectivity index (χ3n) is 2.20. The normalized spacial score (nSPS) is 12.4. The minimum atomic E-state index is -0.777. The molecule has 0 bridgehead atoms. The minimum Gasteiger partial charge on any atom is -0.481 e. The summed E-state index contributed by atoms with van der Waals surface area (Å²) in [5.74, 6) is 0.960. The number of thiazole rings is 1. The third-order valence-corrected chi connectivity index (χ3v) is 3.95. The molecule has 96 valence electrons. The number of nitrogens with one attached hydrogen (secondary N) is 1. The molecule has 1 unspecified atom stereocenters. The van der Waals surface area contributed by atoms with Gasteiger partial charge < -0.3 is 10.4 Å². The number of hydrogen-bond acceptors (Lipinski definition) is 5. The molecule has 4 nitrogen and oxygen atoms in total. The van der Waals surface area contributed by atoms with Crippen molar-refractivity contribution in [2.24, 2.45) is 5.92 Å². The van der Waals surface area contributed by atoms with Gasteiger partial charge >= 0.3 is 5.97 Å². The van der Waals surface area contributed by atoms with Gasteiger partial charge in [0.2, 0.25) is 0 Å². The van der Waals surface area contributed by atoms with E-state index in [2.05, 4.69) is 23.5 Å². The van der Waals surface area contributed by atoms with Crippen LogP contribution in [0, 0.1) is 5.92 Å². The van der Waals surface area contributed by atoms with Gasteiger partial charge in [0, 0.05) is 18.3 Å². The summed E-state index contributed by atoms with van der Waals surface area (Å²) in [6, 6.07) is 0. The summed E-state index contributed by atoms with van der Waals surface area (Å²) in [7, 11) is 0. The number of hydrogen-bond donors (Lipinski definition) is 2. The van der Waals surface area contributed by atoms with Gasteiger partial charge in [-0.3, -0.25) is 4.79 Å². The van der Waals surface area contributed by atoms with Gasteiger partial charge in [-0.15, -0.1) is 11.3 Å². The average molecular weight is 274 g/mol. The molecule has 0 fully saturated rings. The number of nitrogens with zero attached hydrogens (tertiary/aromatic N) is 1. The summed E-state index contributed by atoms with van der Waals surface area (Å²) in [6.45, 7) is 3.11. The first-order chi connectivity index (χ1) is 8.11. The molecule has 0 saturated carbocycles. The van der Waals surface area contributed by atoms with E-state index in [0.29, 0.717) is 12.3 Å². The highest BCUT2D eigenvalue weighted by Crippen LogP contribution is 2.17. The van der Waals surface area contributed by atoms with Crippen molar-refractivity contribution >= 4 is 34.2 Å². The first-order valence-electron chi connectivity index (χ1n) is 5.50. The van der Waals surface area contributed by atoms with Gasteiger partial charge in [0.1, 0.15) is 0 Å². The number of thioether (sulfide) groups is 1. The molecule has 1 heterocycles. The van der Waals surface area contributed by atoms with Crippen LogP contribution in [-0.4, -0.2) is 34.6 Å². The SMILES string of the molecule is CSCC(C)CNc1nc(CCC(=O)O)cs1. The Morgan fingerprint density at radius 2 is 2.47 bits per heavy atom.